The maximum atomic E-state index is 12.4. The number of carbonyl (C=O) groups excluding carboxylic acids is 1. The number of hydrogen-bond donors (Lipinski definition) is 2. The third-order valence-corrected chi connectivity index (χ3v) is 4.11. The van der Waals surface area contributed by atoms with Gasteiger partial charge in [-0.2, -0.15) is 0 Å². The van der Waals surface area contributed by atoms with Crippen LogP contribution in [-0.4, -0.2) is 43.0 Å². The Morgan fingerprint density at radius 3 is 2.67 bits per heavy atom. The summed E-state index contributed by atoms with van der Waals surface area (Å²) in [5, 5.41) is 6.31. The quantitative estimate of drug-likeness (QED) is 0.846. The molecule has 1 unspecified atom stereocenters. The van der Waals surface area contributed by atoms with Gasteiger partial charge in [0.15, 0.2) is 0 Å². The average Bonchev–Trinajstić information content (AvgIpc) is 2.54. The highest BCUT2D eigenvalue weighted by molar-refractivity contribution is 5.99. The second kappa shape index (κ2) is 8.03. The Bertz CT molecular complexity index is 455. The number of hydrogen-bond acceptors (Lipinski definition) is 3. The number of nitrogens with zero attached hydrogens (tertiary/aromatic N) is 1. The van der Waals surface area contributed by atoms with Crippen molar-refractivity contribution in [3.8, 4) is 0 Å². The fraction of sp³-hybridized carbons (Fsp3) is 0.588. The molecule has 1 heterocycles. The van der Waals surface area contributed by atoms with Crippen molar-refractivity contribution in [3.63, 3.8) is 0 Å². The molecule has 2 rings (SSSR count). The van der Waals surface area contributed by atoms with Crippen LogP contribution in [0.4, 0.5) is 5.69 Å². The summed E-state index contributed by atoms with van der Waals surface area (Å²) < 4.78 is 0. The average molecular weight is 289 g/mol. The normalized spacial score (nSPS) is 17.2. The Morgan fingerprint density at radius 2 is 1.95 bits per heavy atom. The fourth-order valence-electron chi connectivity index (χ4n) is 2.85. The first kappa shape index (κ1) is 15.8. The van der Waals surface area contributed by atoms with Gasteiger partial charge >= 0.3 is 0 Å². The first-order chi connectivity index (χ1) is 10.2. The predicted molar refractivity (Wildman–Crippen MR) is 87.8 cm³/mol. The number of anilines is 1. The molecule has 1 aromatic carbocycles. The van der Waals surface area contributed by atoms with Gasteiger partial charge in [0, 0.05) is 24.8 Å². The third-order valence-electron chi connectivity index (χ3n) is 4.11. The van der Waals surface area contributed by atoms with E-state index in [2.05, 4.69) is 22.5 Å². The van der Waals surface area contributed by atoms with Crippen molar-refractivity contribution in [1.82, 2.24) is 10.2 Å². The monoisotopic (exact) mass is 289 g/mol. The lowest BCUT2D eigenvalue weighted by Crippen LogP contribution is -2.44. The zero-order valence-corrected chi connectivity index (χ0v) is 13.2. The number of benzene rings is 1. The Hall–Kier alpha value is -1.55. The van der Waals surface area contributed by atoms with E-state index in [0.29, 0.717) is 12.6 Å². The van der Waals surface area contributed by atoms with E-state index in [-0.39, 0.29) is 5.91 Å². The summed E-state index contributed by atoms with van der Waals surface area (Å²) in [6.45, 7) is 8.07. The van der Waals surface area contributed by atoms with Crippen LogP contribution in [0.1, 0.15) is 43.5 Å². The molecule has 116 valence electrons. The van der Waals surface area contributed by atoms with E-state index in [0.717, 1.165) is 30.9 Å². The lowest BCUT2D eigenvalue weighted by atomic mass is 10.1. The van der Waals surface area contributed by atoms with Crippen molar-refractivity contribution in [3.05, 3.63) is 29.8 Å². The van der Waals surface area contributed by atoms with Crippen LogP contribution in [0.2, 0.25) is 0 Å². The van der Waals surface area contributed by atoms with Crippen LogP contribution in [-0.2, 0) is 0 Å². The van der Waals surface area contributed by atoms with Crippen LogP contribution in [0.25, 0.3) is 0 Å². The van der Waals surface area contributed by atoms with Gasteiger partial charge in [0.25, 0.3) is 5.91 Å². The zero-order chi connectivity index (χ0) is 15.1. The number of carbonyl (C=O) groups is 1. The second-order valence-electron chi connectivity index (χ2n) is 5.73. The Morgan fingerprint density at radius 1 is 1.24 bits per heavy atom. The van der Waals surface area contributed by atoms with E-state index in [1.807, 2.05) is 31.2 Å². The van der Waals surface area contributed by atoms with E-state index in [9.17, 15) is 4.79 Å². The minimum Gasteiger partial charge on any atom is -0.385 e. The van der Waals surface area contributed by atoms with Gasteiger partial charge in [-0.15, -0.1) is 0 Å². The van der Waals surface area contributed by atoms with Crippen LogP contribution < -0.4 is 10.6 Å². The maximum absolute atomic E-state index is 12.4. The van der Waals surface area contributed by atoms with Crippen LogP contribution in [0.3, 0.4) is 0 Å². The van der Waals surface area contributed by atoms with Gasteiger partial charge in [-0.1, -0.05) is 18.6 Å². The molecule has 0 bridgehead atoms. The van der Waals surface area contributed by atoms with Crippen LogP contribution in [0, 0.1) is 0 Å². The highest BCUT2D eigenvalue weighted by atomic mass is 16.1. The highest BCUT2D eigenvalue weighted by Gasteiger charge is 2.18. The molecule has 1 fully saturated rings. The Kier molecular flexibility index (Phi) is 6.05. The van der Waals surface area contributed by atoms with Crippen LogP contribution in [0.5, 0.6) is 0 Å². The summed E-state index contributed by atoms with van der Waals surface area (Å²) in [7, 11) is 0. The molecule has 21 heavy (non-hydrogen) atoms. The molecule has 0 saturated carbocycles. The molecule has 1 aliphatic heterocycles. The second-order valence-corrected chi connectivity index (χ2v) is 5.73. The molecule has 1 atom stereocenters. The molecule has 0 spiro atoms. The number of rotatable bonds is 6. The molecule has 0 radical (unpaired) electrons. The van der Waals surface area contributed by atoms with E-state index in [1.54, 1.807) is 0 Å². The standard InChI is InChI=1S/C17H27N3O/c1-3-18-16-10-6-5-9-15(16)17(21)19-13-14(2)20-11-7-4-8-12-20/h5-6,9-10,14,18H,3-4,7-8,11-13H2,1-2H3,(H,19,21). The van der Waals surface area contributed by atoms with E-state index in [1.165, 1.54) is 19.3 Å². The molecule has 1 aliphatic rings. The minimum atomic E-state index is 0.00964. The topological polar surface area (TPSA) is 44.4 Å². The van der Waals surface area contributed by atoms with Crippen molar-refractivity contribution < 1.29 is 4.79 Å². The fourth-order valence-corrected chi connectivity index (χ4v) is 2.85. The van der Waals surface area contributed by atoms with Gasteiger partial charge in [-0.25, -0.2) is 0 Å². The minimum absolute atomic E-state index is 0.00964. The Labute approximate surface area is 127 Å². The Balaban J connectivity index is 1.89. The van der Waals surface area contributed by atoms with E-state index >= 15 is 0 Å². The lowest BCUT2D eigenvalue weighted by Gasteiger charge is -2.32. The van der Waals surface area contributed by atoms with Crippen LogP contribution in [0.15, 0.2) is 24.3 Å². The third kappa shape index (κ3) is 4.46. The summed E-state index contributed by atoms with van der Waals surface area (Å²) in [4.78, 5) is 14.8. The summed E-state index contributed by atoms with van der Waals surface area (Å²) in [5.41, 5.74) is 1.63. The number of piperidine rings is 1. The molecule has 1 aromatic rings. The van der Waals surface area contributed by atoms with Crippen molar-refractivity contribution in [2.45, 2.75) is 39.2 Å². The molecular weight excluding hydrogens is 262 g/mol. The van der Waals surface area contributed by atoms with Gasteiger partial charge in [-0.3, -0.25) is 9.69 Å². The maximum Gasteiger partial charge on any atom is 0.253 e. The van der Waals surface area contributed by atoms with Gasteiger partial charge in [0.1, 0.15) is 0 Å². The summed E-state index contributed by atoms with van der Waals surface area (Å²) >= 11 is 0. The molecule has 0 aliphatic carbocycles. The largest absolute Gasteiger partial charge is 0.385 e. The summed E-state index contributed by atoms with van der Waals surface area (Å²) in [5.74, 6) is 0.00964. The summed E-state index contributed by atoms with van der Waals surface area (Å²) in [6.07, 6.45) is 3.90. The van der Waals surface area contributed by atoms with Gasteiger partial charge in [0.05, 0.1) is 5.56 Å². The molecule has 2 N–H and O–H groups in total. The van der Waals surface area contributed by atoms with Crippen molar-refractivity contribution >= 4 is 11.6 Å². The number of likely N-dealkylation sites (tertiary alicyclic amines) is 1. The van der Waals surface area contributed by atoms with E-state index in [4.69, 9.17) is 0 Å². The predicted octanol–water partition coefficient (Wildman–Crippen LogP) is 2.72. The van der Waals surface area contributed by atoms with Gasteiger partial charge in [0.2, 0.25) is 0 Å². The molecule has 0 aromatic heterocycles. The van der Waals surface area contributed by atoms with Gasteiger partial charge in [-0.05, 0) is 51.9 Å². The summed E-state index contributed by atoms with van der Waals surface area (Å²) in [6, 6.07) is 8.08. The molecule has 1 saturated heterocycles. The molecule has 4 heteroatoms. The van der Waals surface area contributed by atoms with Crippen molar-refractivity contribution in [1.29, 1.82) is 0 Å². The van der Waals surface area contributed by atoms with E-state index < -0.39 is 0 Å². The molecular formula is C17H27N3O. The first-order valence-corrected chi connectivity index (χ1v) is 8.07. The highest BCUT2D eigenvalue weighted by Crippen LogP contribution is 2.15. The van der Waals surface area contributed by atoms with Gasteiger partial charge < -0.3 is 10.6 Å². The number of amides is 1. The number of nitrogens with one attached hydrogen (secondary N) is 2. The zero-order valence-electron chi connectivity index (χ0n) is 13.2. The van der Waals surface area contributed by atoms with Crippen molar-refractivity contribution in [2.24, 2.45) is 0 Å². The smallest absolute Gasteiger partial charge is 0.253 e. The van der Waals surface area contributed by atoms with Crippen molar-refractivity contribution in [2.75, 3.05) is 31.5 Å². The SMILES string of the molecule is CCNc1ccccc1C(=O)NCC(C)N1CCCCC1. The molecule has 1 amide bonds. The first-order valence-electron chi connectivity index (χ1n) is 8.07. The lowest BCUT2D eigenvalue weighted by molar-refractivity contribution is 0.0931. The van der Waals surface area contributed by atoms with Crippen LogP contribution >= 0.6 is 0 Å². The number of para-hydroxylation sites is 1. The molecule has 4 nitrogen and oxygen atoms in total.